The number of thioether (sulfide) groups is 1. The first kappa shape index (κ1) is 11.9. The van der Waals surface area contributed by atoms with E-state index in [4.69, 9.17) is 0 Å². The maximum Gasteiger partial charge on any atom is 0.282 e. The predicted molar refractivity (Wildman–Crippen MR) is 64.5 cm³/mol. The van der Waals surface area contributed by atoms with Crippen LogP contribution in [0.25, 0.3) is 0 Å². The topological polar surface area (TPSA) is 49.4 Å². The molecule has 4 nitrogen and oxygen atoms in total. The number of hydrogen-bond acceptors (Lipinski definition) is 3. The van der Waals surface area contributed by atoms with Crippen LogP contribution in [-0.2, 0) is 4.79 Å². The van der Waals surface area contributed by atoms with Gasteiger partial charge in [-0.25, -0.2) is 4.39 Å². The molecule has 6 heteroatoms. The van der Waals surface area contributed by atoms with Crippen molar-refractivity contribution in [2.24, 2.45) is 0 Å². The smallest absolute Gasteiger partial charge is 0.282 e. The van der Waals surface area contributed by atoms with E-state index in [0.29, 0.717) is 12.2 Å². The molecular weight excluding hydrogens is 243 g/mol. The van der Waals surface area contributed by atoms with Gasteiger partial charge >= 0.3 is 0 Å². The molecule has 0 spiro atoms. The van der Waals surface area contributed by atoms with Crippen molar-refractivity contribution in [1.29, 1.82) is 0 Å². The van der Waals surface area contributed by atoms with Crippen molar-refractivity contribution in [2.75, 3.05) is 24.2 Å². The Morgan fingerprint density at radius 1 is 1.41 bits per heavy atom. The Bertz CT molecular complexity index is 436. The van der Waals surface area contributed by atoms with E-state index in [1.165, 1.54) is 40.9 Å². The molecule has 2 rings (SSSR count). The lowest BCUT2D eigenvalue weighted by atomic mass is 10.3. The summed E-state index contributed by atoms with van der Waals surface area (Å²) in [7, 11) is 0. The number of nitrogens with zero attached hydrogens (tertiary/aromatic N) is 1. The van der Waals surface area contributed by atoms with E-state index in [1.807, 2.05) is 0 Å². The van der Waals surface area contributed by atoms with Crippen molar-refractivity contribution >= 4 is 28.6 Å². The van der Waals surface area contributed by atoms with Gasteiger partial charge in [-0.3, -0.25) is 9.59 Å². The SMILES string of the molecule is O=C(CN1CCSC1=O)Nc1ccc(F)cc1. The number of amides is 2. The molecule has 0 atom stereocenters. The van der Waals surface area contributed by atoms with E-state index in [-0.39, 0.29) is 23.5 Å². The van der Waals surface area contributed by atoms with Crippen LogP contribution in [0.4, 0.5) is 14.9 Å². The monoisotopic (exact) mass is 254 g/mol. The average Bonchev–Trinajstić information content (AvgIpc) is 2.68. The molecule has 17 heavy (non-hydrogen) atoms. The van der Waals surface area contributed by atoms with Crippen LogP contribution in [0.2, 0.25) is 0 Å². The third kappa shape index (κ3) is 3.20. The number of carbonyl (C=O) groups excluding carboxylic acids is 2. The molecular formula is C11H11FN2O2S. The van der Waals surface area contributed by atoms with Crippen molar-refractivity contribution in [3.8, 4) is 0 Å². The lowest BCUT2D eigenvalue weighted by Gasteiger charge is -2.13. The van der Waals surface area contributed by atoms with Crippen molar-refractivity contribution in [3.63, 3.8) is 0 Å². The molecule has 0 saturated carbocycles. The normalized spacial score (nSPS) is 15.1. The first-order valence-electron chi connectivity index (χ1n) is 5.12. The number of benzene rings is 1. The van der Waals surface area contributed by atoms with Gasteiger partial charge in [0.1, 0.15) is 12.4 Å². The minimum Gasteiger partial charge on any atom is -0.325 e. The summed E-state index contributed by atoms with van der Waals surface area (Å²) >= 11 is 1.21. The largest absolute Gasteiger partial charge is 0.325 e. The van der Waals surface area contributed by atoms with Gasteiger partial charge in [-0.2, -0.15) is 0 Å². The number of anilines is 1. The van der Waals surface area contributed by atoms with E-state index in [1.54, 1.807) is 0 Å². The summed E-state index contributed by atoms with van der Waals surface area (Å²) in [6.07, 6.45) is 0. The van der Waals surface area contributed by atoms with Crippen LogP contribution >= 0.6 is 11.8 Å². The Morgan fingerprint density at radius 3 is 2.71 bits per heavy atom. The standard InChI is InChI=1S/C11H11FN2O2S/c12-8-1-3-9(4-2-8)13-10(15)7-14-5-6-17-11(14)16/h1-4H,5-7H2,(H,13,15). The Morgan fingerprint density at radius 2 is 2.12 bits per heavy atom. The molecule has 1 aromatic rings. The maximum absolute atomic E-state index is 12.6. The van der Waals surface area contributed by atoms with Crippen LogP contribution in [0.1, 0.15) is 0 Å². The molecule has 0 bridgehead atoms. The summed E-state index contributed by atoms with van der Waals surface area (Å²) in [5.41, 5.74) is 0.524. The summed E-state index contributed by atoms with van der Waals surface area (Å²) in [5, 5.41) is 2.54. The third-order valence-electron chi connectivity index (χ3n) is 2.31. The average molecular weight is 254 g/mol. The maximum atomic E-state index is 12.6. The Kier molecular flexibility index (Phi) is 3.63. The molecule has 90 valence electrons. The highest BCUT2D eigenvalue weighted by Crippen LogP contribution is 2.17. The van der Waals surface area contributed by atoms with Crippen LogP contribution in [0.5, 0.6) is 0 Å². The molecule has 0 aliphatic carbocycles. The Hall–Kier alpha value is -1.56. The van der Waals surface area contributed by atoms with Crippen LogP contribution in [-0.4, -0.2) is 34.9 Å². The van der Waals surface area contributed by atoms with Crippen LogP contribution in [0, 0.1) is 5.82 Å². The minimum atomic E-state index is -0.353. The highest BCUT2D eigenvalue weighted by atomic mass is 32.2. The molecule has 0 radical (unpaired) electrons. The van der Waals surface area contributed by atoms with Crippen molar-refractivity contribution < 1.29 is 14.0 Å². The first-order chi connectivity index (χ1) is 8.15. The van der Waals surface area contributed by atoms with E-state index in [9.17, 15) is 14.0 Å². The lowest BCUT2D eigenvalue weighted by molar-refractivity contribution is -0.116. The van der Waals surface area contributed by atoms with Gasteiger partial charge in [0.25, 0.3) is 5.24 Å². The van der Waals surface area contributed by atoms with Gasteiger partial charge in [-0.1, -0.05) is 11.8 Å². The number of carbonyl (C=O) groups is 2. The number of hydrogen-bond donors (Lipinski definition) is 1. The van der Waals surface area contributed by atoms with E-state index >= 15 is 0 Å². The van der Waals surface area contributed by atoms with Crippen LogP contribution in [0.3, 0.4) is 0 Å². The summed E-state index contributed by atoms with van der Waals surface area (Å²) in [5.74, 6) is 0.101. The summed E-state index contributed by atoms with van der Waals surface area (Å²) in [4.78, 5) is 24.3. The summed E-state index contributed by atoms with van der Waals surface area (Å²) in [6.45, 7) is 0.642. The van der Waals surface area contributed by atoms with Gasteiger partial charge in [0, 0.05) is 18.0 Å². The molecule has 1 saturated heterocycles. The molecule has 0 aromatic heterocycles. The van der Waals surface area contributed by atoms with Crippen LogP contribution < -0.4 is 5.32 Å². The fourth-order valence-electron chi connectivity index (χ4n) is 1.48. The quantitative estimate of drug-likeness (QED) is 0.896. The number of halogens is 1. The van der Waals surface area contributed by atoms with Crippen molar-refractivity contribution in [3.05, 3.63) is 30.1 Å². The van der Waals surface area contributed by atoms with Crippen molar-refractivity contribution in [1.82, 2.24) is 4.90 Å². The molecule has 1 heterocycles. The zero-order valence-corrected chi connectivity index (χ0v) is 9.80. The van der Waals surface area contributed by atoms with Crippen LogP contribution in [0.15, 0.2) is 24.3 Å². The predicted octanol–water partition coefficient (Wildman–Crippen LogP) is 1.93. The summed E-state index contributed by atoms with van der Waals surface area (Å²) < 4.78 is 12.6. The Balaban J connectivity index is 1.88. The van der Waals surface area contributed by atoms with E-state index in [2.05, 4.69) is 5.32 Å². The van der Waals surface area contributed by atoms with Crippen molar-refractivity contribution in [2.45, 2.75) is 0 Å². The summed E-state index contributed by atoms with van der Waals surface area (Å²) in [6, 6.07) is 5.50. The number of nitrogens with one attached hydrogen (secondary N) is 1. The number of rotatable bonds is 3. The lowest BCUT2D eigenvalue weighted by Crippen LogP contribution is -2.33. The van der Waals surface area contributed by atoms with Gasteiger partial charge < -0.3 is 10.2 Å². The van der Waals surface area contributed by atoms with Gasteiger partial charge in [-0.05, 0) is 24.3 Å². The fraction of sp³-hybridized carbons (Fsp3) is 0.273. The van der Waals surface area contributed by atoms with Gasteiger partial charge in [-0.15, -0.1) is 0 Å². The molecule has 1 aliphatic heterocycles. The second-order valence-electron chi connectivity index (χ2n) is 3.59. The fourth-order valence-corrected chi connectivity index (χ4v) is 2.30. The zero-order valence-electron chi connectivity index (χ0n) is 8.98. The molecule has 1 fully saturated rings. The van der Waals surface area contributed by atoms with Gasteiger partial charge in [0.15, 0.2) is 0 Å². The van der Waals surface area contributed by atoms with E-state index < -0.39 is 0 Å². The van der Waals surface area contributed by atoms with Gasteiger partial charge in [0.05, 0.1) is 0 Å². The van der Waals surface area contributed by atoms with E-state index in [0.717, 1.165) is 5.75 Å². The Labute approximate surface area is 102 Å². The molecule has 2 amide bonds. The minimum absolute atomic E-state index is 0.0449. The second-order valence-corrected chi connectivity index (χ2v) is 4.64. The molecule has 1 aliphatic rings. The second kappa shape index (κ2) is 5.18. The molecule has 1 aromatic carbocycles. The van der Waals surface area contributed by atoms with Gasteiger partial charge in [0.2, 0.25) is 5.91 Å². The third-order valence-corrected chi connectivity index (χ3v) is 3.20. The highest BCUT2D eigenvalue weighted by molar-refractivity contribution is 8.13. The first-order valence-corrected chi connectivity index (χ1v) is 6.11. The molecule has 0 unspecified atom stereocenters. The zero-order chi connectivity index (χ0) is 12.3. The molecule has 1 N–H and O–H groups in total. The highest BCUT2D eigenvalue weighted by Gasteiger charge is 2.23.